The van der Waals surface area contributed by atoms with Crippen molar-refractivity contribution in [1.82, 2.24) is 4.98 Å². The van der Waals surface area contributed by atoms with Gasteiger partial charge in [0.1, 0.15) is 0 Å². The molecule has 21 heavy (non-hydrogen) atoms. The van der Waals surface area contributed by atoms with Crippen LogP contribution in [-0.2, 0) is 4.79 Å². The number of nitrogens with zero attached hydrogens (tertiary/aromatic N) is 1. The van der Waals surface area contributed by atoms with Gasteiger partial charge in [-0.3, -0.25) is 4.79 Å². The third-order valence-corrected chi connectivity index (χ3v) is 5.48. The fourth-order valence-electron chi connectivity index (χ4n) is 1.91. The highest BCUT2D eigenvalue weighted by Crippen LogP contribution is 2.40. The third-order valence-electron chi connectivity index (χ3n) is 3.19. The van der Waals surface area contributed by atoms with Crippen molar-refractivity contribution in [3.63, 3.8) is 0 Å². The Bertz CT molecular complexity index is 640. The maximum Gasteiger partial charge on any atom is 0.226 e. The zero-order chi connectivity index (χ0) is 14.7. The van der Waals surface area contributed by atoms with Gasteiger partial charge in [-0.25, -0.2) is 4.98 Å². The average Bonchev–Trinajstić information content (AvgIpc) is 3.22. The molecule has 0 unspecified atom stereocenters. The van der Waals surface area contributed by atoms with E-state index in [9.17, 15) is 4.79 Å². The summed E-state index contributed by atoms with van der Waals surface area (Å²) < 4.78 is 0. The highest BCUT2D eigenvalue weighted by Gasteiger charge is 2.26. The molecule has 110 valence electrons. The van der Waals surface area contributed by atoms with E-state index in [4.69, 9.17) is 11.6 Å². The van der Waals surface area contributed by atoms with Crippen LogP contribution < -0.4 is 5.32 Å². The van der Waals surface area contributed by atoms with Gasteiger partial charge in [-0.2, -0.15) is 0 Å². The second kappa shape index (κ2) is 6.81. The number of nitrogens with one attached hydrogen (secondary N) is 1. The maximum atomic E-state index is 11.9. The molecule has 1 fully saturated rings. The van der Waals surface area contributed by atoms with E-state index >= 15 is 0 Å². The second-order valence-corrected chi connectivity index (χ2v) is 7.33. The van der Waals surface area contributed by atoms with Gasteiger partial charge >= 0.3 is 0 Å². The van der Waals surface area contributed by atoms with E-state index in [1.165, 1.54) is 24.2 Å². The summed E-state index contributed by atoms with van der Waals surface area (Å²) in [6.07, 6.45) is 2.91. The molecule has 1 amide bonds. The first kappa shape index (κ1) is 14.9. The highest BCUT2D eigenvalue weighted by atomic mass is 35.5. The molecule has 3 rings (SSSR count). The number of carbonyl (C=O) groups excluding carboxylic acids is 1. The van der Waals surface area contributed by atoms with Gasteiger partial charge in [-0.15, -0.1) is 23.1 Å². The topological polar surface area (TPSA) is 42.0 Å². The number of thiazole rings is 1. The van der Waals surface area contributed by atoms with E-state index in [0.29, 0.717) is 23.2 Å². The fraction of sp³-hybridized carbons (Fsp3) is 0.333. The van der Waals surface area contributed by atoms with Crippen LogP contribution in [0.5, 0.6) is 0 Å². The molecule has 0 radical (unpaired) electrons. The molecule has 0 atom stereocenters. The van der Waals surface area contributed by atoms with Gasteiger partial charge in [0.2, 0.25) is 5.91 Å². The summed E-state index contributed by atoms with van der Waals surface area (Å²) in [6.45, 7) is 0. The van der Waals surface area contributed by atoms with Crippen molar-refractivity contribution in [3.05, 3.63) is 40.4 Å². The summed E-state index contributed by atoms with van der Waals surface area (Å²) >= 11 is 9.18. The Morgan fingerprint density at radius 2 is 2.24 bits per heavy atom. The Hall–Kier alpha value is -1.04. The van der Waals surface area contributed by atoms with E-state index in [2.05, 4.69) is 10.3 Å². The van der Waals surface area contributed by atoms with Gasteiger partial charge < -0.3 is 5.32 Å². The Kier molecular flexibility index (Phi) is 4.83. The minimum absolute atomic E-state index is 0.00579. The first-order valence-electron chi connectivity index (χ1n) is 6.85. The largest absolute Gasteiger partial charge is 0.302 e. The standard InChI is InChI=1S/C15H15ClN2OS2/c16-11-3-1-2-4-13(11)20-8-7-14(19)18-15-17-12(9-21-15)10-5-6-10/h1-4,9-10H,5-8H2,(H,17,18,19). The molecule has 2 aromatic rings. The van der Waals surface area contributed by atoms with Gasteiger partial charge in [0, 0.05) is 28.4 Å². The van der Waals surface area contributed by atoms with Crippen LogP contribution in [-0.4, -0.2) is 16.6 Å². The van der Waals surface area contributed by atoms with Crippen LogP contribution in [0.25, 0.3) is 0 Å². The van der Waals surface area contributed by atoms with E-state index in [1.807, 2.05) is 29.6 Å². The number of amides is 1. The lowest BCUT2D eigenvalue weighted by atomic mass is 10.3. The molecule has 1 saturated carbocycles. The summed E-state index contributed by atoms with van der Waals surface area (Å²) in [7, 11) is 0. The van der Waals surface area contributed by atoms with Crippen LogP contribution in [0.4, 0.5) is 5.13 Å². The molecule has 0 spiro atoms. The van der Waals surface area contributed by atoms with Gasteiger partial charge in [-0.1, -0.05) is 23.7 Å². The number of anilines is 1. The van der Waals surface area contributed by atoms with E-state index in [1.54, 1.807) is 11.8 Å². The number of hydrogen-bond acceptors (Lipinski definition) is 4. The van der Waals surface area contributed by atoms with Crippen LogP contribution >= 0.6 is 34.7 Å². The number of aromatic nitrogens is 1. The van der Waals surface area contributed by atoms with Gasteiger partial charge in [0.05, 0.1) is 10.7 Å². The molecular formula is C15H15ClN2OS2. The second-order valence-electron chi connectivity index (χ2n) is 4.93. The van der Waals surface area contributed by atoms with Crippen LogP contribution in [0.15, 0.2) is 34.5 Å². The van der Waals surface area contributed by atoms with Crippen LogP contribution in [0.3, 0.4) is 0 Å². The van der Waals surface area contributed by atoms with Crippen molar-refractivity contribution in [2.24, 2.45) is 0 Å². The average molecular weight is 339 g/mol. The molecule has 1 aliphatic carbocycles. The smallest absolute Gasteiger partial charge is 0.226 e. The summed E-state index contributed by atoms with van der Waals surface area (Å²) in [5.74, 6) is 1.34. The lowest BCUT2D eigenvalue weighted by Gasteiger charge is -2.04. The molecular weight excluding hydrogens is 324 g/mol. The number of thioether (sulfide) groups is 1. The number of carbonyl (C=O) groups is 1. The number of hydrogen-bond donors (Lipinski definition) is 1. The Balaban J connectivity index is 1.44. The van der Waals surface area contributed by atoms with Crippen molar-refractivity contribution in [2.75, 3.05) is 11.1 Å². The quantitative estimate of drug-likeness (QED) is 0.769. The summed E-state index contributed by atoms with van der Waals surface area (Å²) in [6, 6.07) is 7.68. The number of rotatable bonds is 6. The molecule has 1 aromatic carbocycles. The minimum atomic E-state index is 0.00579. The van der Waals surface area contributed by atoms with Crippen molar-refractivity contribution < 1.29 is 4.79 Å². The number of benzene rings is 1. The first-order chi connectivity index (χ1) is 10.2. The lowest BCUT2D eigenvalue weighted by Crippen LogP contribution is -2.12. The van der Waals surface area contributed by atoms with Crippen molar-refractivity contribution >= 4 is 45.7 Å². The van der Waals surface area contributed by atoms with Gasteiger partial charge in [-0.05, 0) is 25.0 Å². The maximum absolute atomic E-state index is 11.9. The molecule has 0 saturated heterocycles. The molecule has 0 bridgehead atoms. The monoisotopic (exact) mass is 338 g/mol. The SMILES string of the molecule is O=C(CCSc1ccccc1Cl)Nc1nc(C2CC2)cs1. The number of halogens is 1. The summed E-state index contributed by atoms with van der Waals surface area (Å²) in [5.41, 5.74) is 1.13. The fourth-order valence-corrected chi connectivity index (χ4v) is 3.90. The molecule has 3 nitrogen and oxygen atoms in total. The predicted octanol–water partition coefficient (Wildman–Crippen LogP) is 4.79. The van der Waals surface area contributed by atoms with Crippen LogP contribution in [0.1, 0.15) is 30.9 Å². The highest BCUT2D eigenvalue weighted by molar-refractivity contribution is 7.99. The molecule has 1 aromatic heterocycles. The Labute approximate surface area is 137 Å². The predicted molar refractivity (Wildman–Crippen MR) is 89.5 cm³/mol. The molecule has 1 aliphatic rings. The summed E-state index contributed by atoms with van der Waals surface area (Å²) in [5, 5.41) is 6.36. The molecule has 1 heterocycles. The summed E-state index contributed by atoms with van der Waals surface area (Å²) in [4.78, 5) is 17.4. The van der Waals surface area contributed by atoms with E-state index in [0.717, 1.165) is 15.6 Å². The van der Waals surface area contributed by atoms with Crippen LogP contribution in [0.2, 0.25) is 5.02 Å². The molecule has 6 heteroatoms. The van der Waals surface area contributed by atoms with Crippen molar-refractivity contribution in [1.29, 1.82) is 0 Å². The zero-order valence-electron chi connectivity index (χ0n) is 11.3. The zero-order valence-corrected chi connectivity index (χ0v) is 13.7. The first-order valence-corrected chi connectivity index (χ1v) is 9.09. The Morgan fingerprint density at radius 1 is 1.43 bits per heavy atom. The van der Waals surface area contributed by atoms with Crippen LogP contribution in [0, 0.1) is 0 Å². The minimum Gasteiger partial charge on any atom is -0.302 e. The van der Waals surface area contributed by atoms with E-state index in [-0.39, 0.29) is 5.91 Å². The van der Waals surface area contributed by atoms with E-state index < -0.39 is 0 Å². The van der Waals surface area contributed by atoms with Crippen molar-refractivity contribution in [3.8, 4) is 0 Å². The van der Waals surface area contributed by atoms with Gasteiger partial charge in [0.25, 0.3) is 0 Å². The molecule has 0 aliphatic heterocycles. The Morgan fingerprint density at radius 3 is 3.00 bits per heavy atom. The van der Waals surface area contributed by atoms with Gasteiger partial charge in [0.15, 0.2) is 5.13 Å². The van der Waals surface area contributed by atoms with Crippen molar-refractivity contribution in [2.45, 2.75) is 30.1 Å². The molecule has 1 N–H and O–H groups in total. The lowest BCUT2D eigenvalue weighted by molar-refractivity contribution is -0.115. The normalized spacial score (nSPS) is 14.1. The third kappa shape index (κ3) is 4.22.